The highest BCUT2D eigenvalue weighted by Crippen LogP contribution is 2.69. The Kier molecular flexibility index (Phi) is 20.5. The van der Waals surface area contributed by atoms with Crippen molar-refractivity contribution in [2.75, 3.05) is 37.8 Å². The standard InChI is InChI=1S/C48H80N7O20P3S/c1-25(29-8-9-30-36-31(12-15-48(29,30)6)47(5)14-11-28(56)19-27(47)20-33(36)58)7-10-32(57)26(2)45(63)79-18-17-50-35(59)13-16-51-43(62)40(61)46(3,4)22-72-78(69,70)75-77(67,68)71-21-34-39(74-76(64,65)66)38(60)44(73-34)55-24-54-37-41(49)52-23-53-42(37)55/h23-34,36,38-40,44,56-58,60-61H,7-22H2,1-6H3,(H,50,59)(H,51,62)(H,67,68)(H,69,70)(H2,49,52,53)(H2,64,65,66)/t25-,26-,27+,28-,29-,30+,31+,32-,33-,34-,36+,38-,39-,40+,44-,47+,48-/m1/s1. The summed E-state index contributed by atoms with van der Waals surface area (Å²) in [5.41, 5.74) is 4.50. The number of thioether (sulfide) groups is 1. The summed E-state index contributed by atoms with van der Waals surface area (Å²) in [6.07, 6.45) is 0.531. The van der Waals surface area contributed by atoms with Crippen molar-refractivity contribution < 1.29 is 95.8 Å². The number of phosphoric ester groups is 3. The van der Waals surface area contributed by atoms with Crippen LogP contribution >= 0.6 is 35.2 Å². The van der Waals surface area contributed by atoms with E-state index in [0.717, 1.165) is 86.8 Å². The summed E-state index contributed by atoms with van der Waals surface area (Å²) >= 11 is 1.00. The molecule has 13 N–H and O–H groups in total. The summed E-state index contributed by atoms with van der Waals surface area (Å²) < 4.78 is 62.8. The van der Waals surface area contributed by atoms with E-state index >= 15 is 0 Å². The molecule has 0 radical (unpaired) electrons. The third-order valence-corrected chi connectivity index (χ3v) is 22.2. The molecule has 0 spiro atoms. The molecule has 2 aromatic heterocycles. The molecule has 1 saturated heterocycles. The van der Waals surface area contributed by atoms with Crippen LogP contribution in [0.3, 0.4) is 0 Å². The number of aromatic nitrogens is 4. The van der Waals surface area contributed by atoms with E-state index in [1.54, 1.807) is 6.92 Å². The Balaban J connectivity index is 0.774. The lowest BCUT2D eigenvalue weighted by Gasteiger charge is -2.62. The monoisotopic (exact) mass is 1200 g/mol. The molecule has 7 rings (SSSR count). The molecule has 27 nitrogen and oxygen atoms in total. The molecule has 2 amide bonds. The Morgan fingerprint density at radius 2 is 1.59 bits per heavy atom. The van der Waals surface area contributed by atoms with Gasteiger partial charge in [0.15, 0.2) is 22.8 Å². The van der Waals surface area contributed by atoms with E-state index in [1.807, 2.05) is 0 Å². The van der Waals surface area contributed by atoms with Gasteiger partial charge in [0, 0.05) is 30.7 Å². The lowest BCUT2D eigenvalue weighted by atomic mass is 9.43. The van der Waals surface area contributed by atoms with Crippen LogP contribution in [0.4, 0.5) is 5.82 Å². The molecule has 0 bridgehead atoms. The van der Waals surface area contributed by atoms with Gasteiger partial charge >= 0.3 is 23.5 Å². The third-order valence-electron chi connectivity index (χ3n) is 18.0. The van der Waals surface area contributed by atoms with Crippen LogP contribution in [-0.4, -0.2) is 156 Å². The maximum Gasteiger partial charge on any atom is 0.481 e. The molecule has 31 heteroatoms. The zero-order valence-electron chi connectivity index (χ0n) is 45.3. The average Bonchev–Trinajstić information content (AvgIpc) is 4.08. The predicted octanol–water partition coefficient (Wildman–Crippen LogP) is 3.07. The first-order valence-electron chi connectivity index (χ1n) is 26.9. The van der Waals surface area contributed by atoms with Gasteiger partial charge in [-0.2, -0.15) is 4.31 Å². The van der Waals surface area contributed by atoms with E-state index in [4.69, 9.17) is 19.5 Å². The number of aliphatic hydroxyl groups is 5. The lowest BCUT2D eigenvalue weighted by Crippen LogP contribution is -2.58. The maximum absolute atomic E-state index is 13.1. The van der Waals surface area contributed by atoms with Crippen molar-refractivity contribution in [3.63, 3.8) is 0 Å². The number of nitrogens with two attached hydrogens (primary N) is 1. The van der Waals surface area contributed by atoms with Gasteiger partial charge in [-0.1, -0.05) is 53.3 Å². The van der Waals surface area contributed by atoms with Crippen LogP contribution in [0.5, 0.6) is 0 Å². The van der Waals surface area contributed by atoms with E-state index in [2.05, 4.69) is 55.2 Å². The summed E-state index contributed by atoms with van der Waals surface area (Å²) in [5, 5.41) is 59.7. The number of hydrogen-bond donors (Lipinski definition) is 12. The second kappa shape index (κ2) is 25.3. The molecule has 19 atom stereocenters. The van der Waals surface area contributed by atoms with E-state index in [0.29, 0.717) is 36.0 Å². The van der Waals surface area contributed by atoms with Crippen molar-refractivity contribution in [1.82, 2.24) is 30.2 Å². The first-order chi connectivity index (χ1) is 36.8. The minimum atomic E-state index is -5.61. The Bertz CT molecular complexity index is 2640. The normalized spacial score (nSPS) is 34.0. The average molecular weight is 1200 g/mol. The van der Waals surface area contributed by atoms with Crippen molar-refractivity contribution in [3.8, 4) is 0 Å². The van der Waals surface area contributed by atoms with Gasteiger partial charge in [0.05, 0.1) is 43.8 Å². The molecule has 2 unspecified atom stereocenters. The number of nitrogens with zero attached hydrogens (tertiary/aromatic N) is 4. The van der Waals surface area contributed by atoms with Crippen LogP contribution < -0.4 is 16.4 Å². The van der Waals surface area contributed by atoms with Gasteiger partial charge in [0.1, 0.15) is 36.3 Å². The molecule has 1 aliphatic heterocycles. The number of carbonyl (C=O) groups excluding carboxylic acids is 3. The van der Waals surface area contributed by atoms with Gasteiger partial charge < -0.3 is 66.2 Å². The number of nitrogens with one attached hydrogen (secondary N) is 2. The number of carbonyl (C=O) groups is 3. The van der Waals surface area contributed by atoms with Crippen LogP contribution in [0.2, 0.25) is 0 Å². The van der Waals surface area contributed by atoms with E-state index < -0.39 is 96.6 Å². The Labute approximate surface area is 462 Å². The minimum absolute atomic E-state index is 0.0236. The van der Waals surface area contributed by atoms with E-state index in [1.165, 1.54) is 13.8 Å². The minimum Gasteiger partial charge on any atom is -0.393 e. The van der Waals surface area contributed by atoms with Crippen molar-refractivity contribution in [2.45, 2.75) is 161 Å². The topological polar surface area (TPSA) is 424 Å². The number of phosphoric acid groups is 3. The van der Waals surface area contributed by atoms with E-state index in [-0.39, 0.29) is 76.3 Å². The fourth-order valence-electron chi connectivity index (χ4n) is 13.6. The number of anilines is 1. The van der Waals surface area contributed by atoms with Gasteiger partial charge in [0.25, 0.3) is 0 Å². The lowest BCUT2D eigenvalue weighted by molar-refractivity contribution is -0.174. The highest BCUT2D eigenvalue weighted by atomic mass is 32.2. The van der Waals surface area contributed by atoms with Gasteiger partial charge in [0.2, 0.25) is 11.8 Å². The molecule has 5 fully saturated rings. The molecule has 448 valence electrons. The first-order valence-corrected chi connectivity index (χ1v) is 32.4. The second-order valence-electron chi connectivity index (χ2n) is 23.6. The summed E-state index contributed by atoms with van der Waals surface area (Å²) in [5.74, 6) is 0.407. The summed E-state index contributed by atoms with van der Waals surface area (Å²) in [7, 11) is -16.5. The van der Waals surface area contributed by atoms with Crippen LogP contribution in [0, 0.1) is 57.7 Å². The van der Waals surface area contributed by atoms with Crippen LogP contribution in [0.25, 0.3) is 11.2 Å². The van der Waals surface area contributed by atoms with Crippen molar-refractivity contribution >= 4 is 69.1 Å². The second-order valence-corrected chi connectivity index (χ2v) is 28.9. The molecule has 0 aromatic carbocycles. The fraction of sp³-hybridized carbons (Fsp3) is 0.833. The number of aliphatic hydroxyl groups excluding tert-OH is 5. The number of nitrogen functional groups attached to an aromatic ring is 1. The Morgan fingerprint density at radius 1 is 0.911 bits per heavy atom. The van der Waals surface area contributed by atoms with Gasteiger partial charge in [-0.15, -0.1) is 0 Å². The molecule has 4 saturated carbocycles. The summed E-state index contributed by atoms with van der Waals surface area (Å²) in [6, 6.07) is 0. The molecule has 79 heavy (non-hydrogen) atoms. The van der Waals surface area contributed by atoms with E-state index in [9.17, 15) is 73.2 Å². The van der Waals surface area contributed by atoms with Crippen LogP contribution in [0.15, 0.2) is 12.7 Å². The van der Waals surface area contributed by atoms with Gasteiger partial charge in [-0.05, 0) is 111 Å². The highest BCUT2D eigenvalue weighted by molar-refractivity contribution is 8.13. The fourth-order valence-corrected chi connectivity index (χ4v) is 17.3. The predicted molar refractivity (Wildman–Crippen MR) is 283 cm³/mol. The number of imidazole rings is 1. The van der Waals surface area contributed by atoms with Crippen molar-refractivity contribution in [1.29, 1.82) is 0 Å². The number of fused-ring (bicyclic) bond motifs is 6. The number of hydrogen-bond acceptors (Lipinski definition) is 21. The number of ether oxygens (including phenoxy) is 1. The third kappa shape index (κ3) is 14.9. The van der Waals surface area contributed by atoms with Crippen LogP contribution in [0.1, 0.15) is 118 Å². The molecular formula is C48H80N7O20P3S. The molecule has 5 aliphatic rings. The summed E-state index contributed by atoms with van der Waals surface area (Å²) in [4.78, 5) is 89.9. The quantitative estimate of drug-likeness (QED) is 0.0502. The highest BCUT2D eigenvalue weighted by Gasteiger charge is 2.63. The first kappa shape index (κ1) is 64.0. The molecule has 2 aromatic rings. The van der Waals surface area contributed by atoms with Gasteiger partial charge in [-0.3, -0.25) is 32.5 Å². The van der Waals surface area contributed by atoms with Gasteiger partial charge in [-0.25, -0.2) is 28.6 Å². The Morgan fingerprint density at radius 3 is 2.30 bits per heavy atom. The number of amides is 2. The van der Waals surface area contributed by atoms with Crippen LogP contribution in [-0.2, 0) is 50.7 Å². The zero-order valence-corrected chi connectivity index (χ0v) is 48.8. The largest absolute Gasteiger partial charge is 0.481 e. The SMILES string of the molecule is C[C@H](CC[C@@H](O)[C@@H](C)C(=O)SCCNC(=O)CCNC(=O)[C@H](O)C(C)(C)COP(=O)(O)OP(=O)(O)OC[C@H]1O[C@@H](n2cnc3c(N)ncnc32)[C@H](O)[C@@H]1OP(=O)(O)O)[C@H]1CC[C@H]2[C@@H]3[C@H](O)C[C@@H]4C[C@H](O)CC[C@]4(C)[C@H]3CC[C@]12C. The molecule has 3 heterocycles. The summed E-state index contributed by atoms with van der Waals surface area (Å²) in [6.45, 7) is 9.12. The molecular weight excluding hydrogens is 1120 g/mol. The zero-order chi connectivity index (χ0) is 58.2. The van der Waals surface area contributed by atoms with Crippen molar-refractivity contribution in [2.24, 2.45) is 57.7 Å². The smallest absolute Gasteiger partial charge is 0.393 e. The number of rotatable bonds is 25. The molecule has 4 aliphatic carbocycles. The maximum atomic E-state index is 13.1. The Hall–Kier alpha value is -2.56. The van der Waals surface area contributed by atoms with Crippen molar-refractivity contribution in [3.05, 3.63) is 12.7 Å².